The Bertz CT molecular complexity index is 1050. The number of aromatic nitrogens is 5. The lowest BCUT2D eigenvalue weighted by atomic mass is 10.1. The van der Waals surface area contributed by atoms with Crippen molar-refractivity contribution in [3.63, 3.8) is 0 Å². The first-order valence-corrected chi connectivity index (χ1v) is 8.12. The summed E-state index contributed by atoms with van der Waals surface area (Å²) in [5.74, 6) is 1.26. The summed E-state index contributed by atoms with van der Waals surface area (Å²) < 4.78 is 9.22. The molecule has 8 nitrogen and oxygen atoms in total. The van der Waals surface area contributed by atoms with Crippen LogP contribution in [0.2, 0.25) is 0 Å². The van der Waals surface area contributed by atoms with Crippen LogP contribution in [0, 0.1) is 0 Å². The fraction of sp³-hybridized carbons (Fsp3) is 0.167. The predicted octanol–water partition coefficient (Wildman–Crippen LogP) is 2.33. The molecule has 4 aromatic rings. The zero-order chi connectivity index (χ0) is 18.1. The molecule has 132 valence electrons. The maximum Gasteiger partial charge on any atom is 0.145 e. The van der Waals surface area contributed by atoms with E-state index < -0.39 is 0 Å². The highest BCUT2D eigenvalue weighted by molar-refractivity contribution is 5.73. The second kappa shape index (κ2) is 6.40. The lowest BCUT2D eigenvalue weighted by Gasteiger charge is -2.09. The molecule has 0 aliphatic rings. The fourth-order valence-corrected chi connectivity index (χ4v) is 2.87. The van der Waals surface area contributed by atoms with Crippen LogP contribution in [-0.2, 0) is 13.6 Å². The fourth-order valence-electron chi connectivity index (χ4n) is 2.87. The number of hydrogen-bond donors (Lipinski definition) is 2. The van der Waals surface area contributed by atoms with Crippen molar-refractivity contribution in [1.82, 2.24) is 24.4 Å². The van der Waals surface area contributed by atoms with Gasteiger partial charge in [0.25, 0.3) is 0 Å². The van der Waals surface area contributed by atoms with Gasteiger partial charge in [-0.3, -0.25) is 4.68 Å². The van der Waals surface area contributed by atoms with Gasteiger partial charge in [0.15, 0.2) is 0 Å². The number of nitrogen functional groups attached to an aromatic ring is 1. The van der Waals surface area contributed by atoms with Gasteiger partial charge < -0.3 is 15.8 Å². The zero-order valence-electron chi connectivity index (χ0n) is 14.5. The quantitative estimate of drug-likeness (QED) is 0.574. The smallest absolute Gasteiger partial charge is 0.145 e. The van der Waals surface area contributed by atoms with Crippen LogP contribution in [0.1, 0.15) is 5.56 Å². The largest absolute Gasteiger partial charge is 0.494 e. The van der Waals surface area contributed by atoms with Crippen molar-refractivity contribution in [3.05, 3.63) is 54.7 Å². The van der Waals surface area contributed by atoms with E-state index in [1.165, 1.54) is 0 Å². The van der Waals surface area contributed by atoms with Crippen molar-refractivity contribution in [2.45, 2.75) is 6.54 Å². The molecule has 0 amide bonds. The Balaban J connectivity index is 1.67. The van der Waals surface area contributed by atoms with Crippen LogP contribution in [0.5, 0.6) is 5.75 Å². The third-order valence-electron chi connectivity index (χ3n) is 4.18. The molecule has 0 fully saturated rings. The van der Waals surface area contributed by atoms with Gasteiger partial charge in [0, 0.05) is 42.7 Å². The molecule has 0 saturated carbocycles. The molecule has 4 aromatic heterocycles. The van der Waals surface area contributed by atoms with E-state index in [2.05, 4.69) is 20.5 Å². The van der Waals surface area contributed by atoms with E-state index in [9.17, 15) is 0 Å². The van der Waals surface area contributed by atoms with Crippen molar-refractivity contribution in [3.8, 4) is 16.9 Å². The standard InChI is InChI=1S/C18H19N7O/c1-24-10-14(8-22-24)12-5-16(26-2)18-13(7-23-25(18)11-12)6-20-15-3-4-17(19)21-9-15/h3-5,7-11,20H,6H2,1-2H3,(H2,19,21). The summed E-state index contributed by atoms with van der Waals surface area (Å²) in [5.41, 5.74) is 10.5. The van der Waals surface area contributed by atoms with Gasteiger partial charge in [-0.05, 0) is 18.2 Å². The van der Waals surface area contributed by atoms with E-state index >= 15 is 0 Å². The van der Waals surface area contributed by atoms with E-state index in [1.807, 2.05) is 48.5 Å². The van der Waals surface area contributed by atoms with E-state index in [1.54, 1.807) is 24.1 Å². The molecule has 0 aliphatic heterocycles. The first-order valence-electron chi connectivity index (χ1n) is 8.12. The molecule has 0 spiro atoms. The number of anilines is 2. The number of pyridine rings is 2. The number of ether oxygens (including phenoxy) is 1. The van der Waals surface area contributed by atoms with E-state index in [0.29, 0.717) is 12.4 Å². The molecule has 26 heavy (non-hydrogen) atoms. The lowest BCUT2D eigenvalue weighted by Crippen LogP contribution is -2.01. The summed E-state index contributed by atoms with van der Waals surface area (Å²) in [4.78, 5) is 4.08. The molecule has 4 heterocycles. The van der Waals surface area contributed by atoms with Crippen molar-refractivity contribution in [1.29, 1.82) is 0 Å². The molecular weight excluding hydrogens is 330 g/mol. The average Bonchev–Trinajstić information content (AvgIpc) is 3.26. The zero-order valence-corrected chi connectivity index (χ0v) is 14.5. The van der Waals surface area contributed by atoms with Gasteiger partial charge in [-0.25, -0.2) is 9.50 Å². The van der Waals surface area contributed by atoms with Gasteiger partial charge in [-0.2, -0.15) is 10.2 Å². The summed E-state index contributed by atoms with van der Waals surface area (Å²) in [6, 6.07) is 5.66. The molecule has 0 aliphatic carbocycles. The highest BCUT2D eigenvalue weighted by atomic mass is 16.5. The third kappa shape index (κ3) is 2.92. The monoisotopic (exact) mass is 349 g/mol. The van der Waals surface area contributed by atoms with Gasteiger partial charge in [-0.1, -0.05) is 0 Å². The minimum absolute atomic E-state index is 0.496. The van der Waals surface area contributed by atoms with Gasteiger partial charge in [0.2, 0.25) is 0 Å². The van der Waals surface area contributed by atoms with Gasteiger partial charge >= 0.3 is 0 Å². The van der Waals surface area contributed by atoms with E-state index in [-0.39, 0.29) is 0 Å². The van der Waals surface area contributed by atoms with Crippen molar-refractivity contribution in [2.24, 2.45) is 7.05 Å². The van der Waals surface area contributed by atoms with Crippen LogP contribution >= 0.6 is 0 Å². The third-order valence-corrected chi connectivity index (χ3v) is 4.18. The maximum absolute atomic E-state index is 5.62. The normalized spacial score (nSPS) is 11.0. The first kappa shape index (κ1) is 15.9. The van der Waals surface area contributed by atoms with Crippen molar-refractivity contribution < 1.29 is 4.74 Å². The van der Waals surface area contributed by atoms with Crippen LogP contribution in [0.25, 0.3) is 16.6 Å². The molecule has 0 unspecified atom stereocenters. The Morgan fingerprint density at radius 3 is 2.69 bits per heavy atom. The van der Waals surface area contributed by atoms with Gasteiger partial charge in [-0.15, -0.1) is 0 Å². The second-order valence-electron chi connectivity index (χ2n) is 5.99. The molecule has 0 aromatic carbocycles. The molecule has 0 bridgehead atoms. The average molecular weight is 349 g/mol. The van der Waals surface area contributed by atoms with Crippen LogP contribution < -0.4 is 15.8 Å². The van der Waals surface area contributed by atoms with Crippen LogP contribution in [-0.4, -0.2) is 31.5 Å². The highest BCUT2D eigenvalue weighted by Crippen LogP contribution is 2.30. The summed E-state index contributed by atoms with van der Waals surface area (Å²) >= 11 is 0. The Morgan fingerprint density at radius 1 is 1.12 bits per heavy atom. The van der Waals surface area contributed by atoms with Crippen LogP contribution in [0.4, 0.5) is 11.5 Å². The van der Waals surface area contributed by atoms with Gasteiger partial charge in [0.1, 0.15) is 17.1 Å². The summed E-state index contributed by atoms with van der Waals surface area (Å²) in [5, 5.41) is 12.0. The minimum Gasteiger partial charge on any atom is -0.494 e. The SMILES string of the molecule is COc1cc(-c2cnn(C)c2)cn2ncc(CNc3ccc(N)nc3)c12. The number of aryl methyl sites for hydroxylation is 1. The number of rotatable bonds is 5. The number of nitrogens with one attached hydrogen (secondary N) is 1. The molecule has 0 atom stereocenters. The number of methoxy groups -OCH3 is 1. The second-order valence-corrected chi connectivity index (χ2v) is 5.99. The molecule has 3 N–H and O–H groups in total. The van der Waals surface area contributed by atoms with E-state index in [0.717, 1.165) is 33.6 Å². The van der Waals surface area contributed by atoms with Crippen molar-refractivity contribution in [2.75, 3.05) is 18.2 Å². The van der Waals surface area contributed by atoms with Crippen LogP contribution in [0.15, 0.2) is 49.2 Å². The Kier molecular flexibility index (Phi) is 3.92. The van der Waals surface area contributed by atoms with Crippen molar-refractivity contribution >= 4 is 17.0 Å². The molecule has 4 rings (SSSR count). The van der Waals surface area contributed by atoms with Gasteiger partial charge in [0.05, 0.1) is 31.4 Å². The first-order chi connectivity index (χ1) is 12.6. The number of hydrogen-bond acceptors (Lipinski definition) is 6. The molecule has 8 heteroatoms. The van der Waals surface area contributed by atoms with E-state index in [4.69, 9.17) is 10.5 Å². The summed E-state index contributed by atoms with van der Waals surface area (Å²) in [6.45, 7) is 0.595. The highest BCUT2D eigenvalue weighted by Gasteiger charge is 2.13. The molecule has 0 saturated heterocycles. The molecule has 0 radical (unpaired) electrons. The predicted molar refractivity (Wildman–Crippen MR) is 99.9 cm³/mol. The lowest BCUT2D eigenvalue weighted by molar-refractivity contribution is 0.417. The number of nitrogens with two attached hydrogens (primary N) is 1. The topological polar surface area (TPSA) is 95.3 Å². The Morgan fingerprint density at radius 2 is 2.00 bits per heavy atom. The number of nitrogens with zero attached hydrogens (tertiary/aromatic N) is 5. The number of fused-ring (bicyclic) bond motifs is 1. The summed E-state index contributed by atoms with van der Waals surface area (Å²) in [7, 11) is 3.56. The Labute approximate surface area is 150 Å². The summed E-state index contributed by atoms with van der Waals surface area (Å²) in [6.07, 6.45) is 9.30. The Hall–Kier alpha value is -3.55. The molecular formula is C18H19N7O. The minimum atomic E-state index is 0.496. The maximum atomic E-state index is 5.62. The van der Waals surface area contributed by atoms with Crippen LogP contribution in [0.3, 0.4) is 0 Å².